The van der Waals surface area contributed by atoms with Crippen LogP contribution in [0, 0.1) is 10.1 Å². The minimum absolute atomic E-state index is 0.0259. The van der Waals surface area contributed by atoms with Crippen molar-refractivity contribution in [2.45, 2.75) is 19.4 Å². The molecule has 29 heavy (non-hydrogen) atoms. The molecule has 0 fully saturated rings. The number of amides is 1. The van der Waals surface area contributed by atoms with E-state index in [0.29, 0.717) is 29.9 Å². The summed E-state index contributed by atoms with van der Waals surface area (Å²) in [7, 11) is -3.38. The molecule has 1 amide bonds. The van der Waals surface area contributed by atoms with Crippen LogP contribution in [0.3, 0.4) is 0 Å². The highest BCUT2D eigenvalue weighted by atomic mass is 32.2. The Kier molecular flexibility index (Phi) is 5.73. The molecule has 0 unspecified atom stereocenters. The van der Waals surface area contributed by atoms with Gasteiger partial charge in [0.15, 0.2) is 0 Å². The summed E-state index contributed by atoms with van der Waals surface area (Å²) in [5.41, 5.74) is 2.22. The van der Waals surface area contributed by atoms with Gasteiger partial charge in [0.25, 0.3) is 11.6 Å². The predicted octanol–water partition coefficient (Wildman–Crippen LogP) is 2.15. The SMILES string of the molecule is C[C@@H]1Cc2cc(C(=O)NCCNc3ccccc3[N+](=O)[O-])ccc2N1S(C)(=O)=O. The molecule has 2 N–H and O–H groups in total. The average molecular weight is 418 g/mol. The molecule has 1 aliphatic rings. The lowest BCUT2D eigenvalue weighted by molar-refractivity contribution is -0.384. The highest BCUT2D eigenvalue weighted by Gasteiger charge is 2.32. The summed E-state index contributed by atoms with van der Waals surface area (Å²) in [5, 5.41) is 16.7. The van der Waals surface area contributed by atoms with Crippen LogP contribution in [0.15, 0.2) is 42.5 Å². The number of hydrogen-bond donors (Lipinski definition) is 2. The number of para-hydroxylation sites is 2. The molecule has 0 spiro atoms. The molecule has 9 nitrogen and oxygen atoms in total. The Morgan fingerprint density at radius 2 is 1.97 bits per heavy atom. The first-order valence-corrected chi connectivity index (χ1v) is 10.9. The van der Waals surface area contributed by atoms with Crippen LogP contribution >= 0.6 is 0 Å². The van der Waals surface area contributed by atoms with E-state index in [2.05, 4.69) is 10.6 Å². The van der Waals surface area contributed by atoms with Crippen molar-refractivity contribution in [1.29, 1.82) is 0 Å². The Morgan fingerprint density at radius 1 is 1.24 bits per heavy atom. The van der Waals surface area contributed by atoms with Crippen LogP contribution in [0.5, 0.6) is 0 Å². The maximum absolute atomic E-state index is 12.4. The van der Waals surface area contributed by atoms with Crippen LogP contribution < -0.4 is 14.9 Å². The van der Waals surface area contributed by atoms with E-state index >= 15 is 0 Å². The summed E-state index contributed by atoms with van der Waals surface area (Å²) in [4.78, 5) is 22.9. The molecule has 1 atom stereocenters. The number of carbonyl (C=O) groups is 1. The van der Waals surface area contributed by atoms with Crippen molar-refractivity contribution in [3.05, 3.63) is 63.7 Å². The molecule has 3 rings (SSSR count). The monoisotopic (exact) mass is 418 g/mol. The van der Waals surface area contributed by atoms with Gasteiger partial charge in [-0.3, -0.25) is 19.2 Å². The Morgan fingerprint density at radius 3 is 2.66 bits per heavy atom. The number of anilines is 2. The van der Waals surface area contributed by atoms with E-state index in [0.717, 1.165) is 5.56 Å². The number of nitro benzene ring substituents is 1. The normalized spacial score (nSPS) is 15.7. The van der Waals surface area contributed by atoms with Gasteiger partial charge < -0.3 is 10.6 Å². The molecule has 154 valence electrons. The molecule has 0 aliphatic carbocycles. The Bertz CT molecular complexity index is 1050. The van der Waals surface area contributed by atoms with Crippen molar-refractivity contribution >= 4 is 33.0 Å². The van der Waals surface area contributed by atoms with Crippen molar-refractivity contribution in [1.82, 2.24) is 5.32 Å². The molecule has 1 aliphatic heterocycles. The van der Waals surface area contributed by atoms with Gasteiger partial charge in [-0.1, -0.05) is 12.1 Å². The topological polar surface area (TPSA) is 122 Å². The molecule has 2 aromatic rings. The number of nitrogens with zero attached hydrogens (tertiary/aromatic N) is 2. The zero-order valence-electron chi connectivity index (χ0n) is 16.1. The number of hydrogen-bond acceptors (Lipinski definition) is 6. The van der Waals surface area contributed by atoms with E-state index in [1.165, 1.54) is 16.6 Å². The maximum atomic E-state index is 12.4. The van der Waals surface area contributed by atoms with E-state index in [1.54, 1.807) is 36.4 Å². The van der Waals surface area contributed by atoms with Gasteiger partial charge in [-0.2, -0.15) is 0 Å². The van der Waals surface area contributed by atoms with Gasteiger partial charge in [-0.05, 0) is 43.2 Å². The van der Waals surface area contributed by atoms with Gasteiger partial charge in [0.1, 0.15) is 5.69 Å². The molecule has 0 aromatic heterocycles. The molecular formula is C19H22N4O5S. The Labute approximate surface area is 168 Å². The van der Waals surface area contributed by atoms with Crippen LogP contribution in [0.2, 0.25) is 0 Å². The van der Waals surface area contributed by atoms with Crippen molar-refractivity contribution in [2.24, 2.45) is 0 Å². The first-order valence-electron chi connectivity index (χ1n) is 9.06. The fraction of sp³-hybridized carbons (Fsp3) is 0.316. The molecule has 0 saturated carbocycles. The van der Waals surface area contributed by atoms with Gasteiger partial charge in [-0.15, -0.1) is 0 Å². The fourth-order valence-electron chi connectivity index (χ4n) is 3.51. The largest absolute Gasteiger partial charge is 0.378 e. The van der Waals surface area contributed by atoms with E-state index in [9.17, 15) is 23.3 Å². The van der Waals surface area contributed by atoms with Crippen LogP contribution in [-0.2, 0) is 16.4 Å². The zero-order valence-corrected chi connectivity index (χ0v) is 16.9. The molecule has 10 heteroatoms. The molecule has 0 saturated heterocycles. The molecular weight excluding hydrogens is 396 g/mol. The average Bonchev–Trinajstić information content (AvgIpc) is 3.00. The van der Waals surface area contributed by atoms with Crippen LogP contribution in [0.1, 0.15) is 22.8 Å². The molecule has 2 aromatic carbocycles. The zero-order chi connectivity index (χ0) is 21.2. The summed E-state index contributed by atoms with van der Waals surface area (Å²) in [6.45, 7) is 2.42. The first kappa shape index (κ1) is 20.6. The smallest absolute Gasteiger partial charge is 0.292 e. The minimum atomic E-state index is -3.38. The van der Waals surface area contributed by atoms with E-state index in [4.69, 9.17) is 0 Å². The summed E-state index contributed by atoms with van der Waals surface area (Å²) in [6, 6.07) is 11.1. The van der Waals surface area contributed by atoms with Crippen molar-refractivity contribution in [2.75, 3.05) is 29.0 Å². The first-order chi connectivity index (χ1) is 13.7. The second kappa shape index (κ2) is 8.08. The predicted molar refractivity (Wildman–Crippen MR) is 111 cm³/mol. The lowest BCUT2D eigenvalue weighted by Crippen LogP contribution is -2.34. The summed E-state index contributed by atoms with van der Waals surface area (Å²) < 4.78 is 25.3. The maximum Gasteiger partial charge on any atom is 0.292 e. The Hall–Kier alpha value is -3.14. The summed E-state index contributed by atoms with van der Waals surface area (Å²) in [5.74, 6) is -0.289. The van der Waals surface area contributed by atoms with Gasteiger partial charge in [0, 0.05) is 30.8 Å². The third-order valence-electron chi connectivity index (χ3n) is 4.68. The highest BCUT2D eigenvalue weighted by Crippen LogP contribution is 2.34. The lowest BCUT2D eigenvalue weighted by Gasteiger charge is -2.21. The molecule has 0 radical (unpaired) electrons. The molecule has 0 bridgehead atoms. The fourth-order valence-corrected chi connectivity index (χ4v) is 4.77. The summed E-state index contributed by atoms with van der Waals surface area (Å²) >= 11 is 0. The van der Waals surface area contributed by atoms with Gasteiger partial charge >= 0.3 is 0 Å². The molecule has 1 heterocycles. The van der Waals surface area contributed by atoms with Gasteiger partial charge in [0.2, 0.25) is 10.0 Å². The van der Waals surface area contributed by atoms with Crippen LogP contribution in [-0.4, -0.2) is 44.6 Å². The number of carbonyl (C=O) groups excluding carboxylic acids is 1. The number of nitro groups is 1. The van der Waals surface area contributed by atoms with Crippen LogP contribution in [0.4, 0.5) is 17.1 Å². The number of sulfonamides is 1. The number of fused-ring (bicyclic) bond motifs is 1. The number of benzene rings is 2. The third kappa shape index (κ3) is 4.48. The minimum Gasteiger partial charge on any atom is -0.378 e. The van der Waals surface area contributed by atoms with Crippen molar-refractivity contribution < 1.29 is 18.1 Å². The van der Waals surface area contributed by atoms with Gasteiger partial charge in [0.05, 0.1) is 16.9 Å². The van der Waals surface area contributed by atoms with Crippen LogP contribution in [0.25, 0.3) is 0 Å². The number of nitrogens with one attached hydrogen (secondary N) is 2. The highest BCUT2D eigenvalue weighted by molar-refractivity contribution is 7.92. The van der Waals surface area contributed by atoms with E-state index < -0.39 is 14.9 Å². The summed E-state index contributed by atoms with van der Waals surface area (Å²) in [6.07, 6.45) is 1.71. The van der Waals surface area contributed by atoms with Gasteiger partial charge in [-0.25, -0.2) is 8.42 Å². The van der Waals surface area contributed by atoms with Crippen molar-refractivity contribution in [3.63, 3.8) is 0 Å². The Balaban J connectivity index is 1.60. The third-order valence-corrected chi connectivity index (χ3v) is 5.95. The number of rotatable bonds is 7. The van der Waals surface area contributed by atoms with Crippen molar-refractivity contribution in [3.8, 4) is 0 Å². The lowest BCUT2D eigenvalue weighted by atomic mass is 10.1. The second-order valence-corrected chi connectivity index (χ2v) is 8.77. The quantitative estimate of drug-likeness (QED) is 0.404. The van der Waals surface area contributed by atoms with E-state index in [1.807, 2.05) is 6.92 Å². The second-order valence-electron chi connectivity index (χ2n) is 6.91. The van der Waals surface area contributed by atoms with E-state index in [-0.39, 0.29) is 24.2 Å². The standard InChI is InChI=1S/C19H22N4O5S/c1-13-11-15-12-14(7-8-17(15)22(13)29(2,27)28)19(24)21-10-9-20-16-5-3-4-6-18(16)23(25)26/h3-8,12-13,20H,9-11H2,1-2H3,(H,21,24)/t13-/m1/s1.